The second kappa shape index (κ2) is 5.41. The predicted molar refractivity (Wildman–Crippen MR) is 79.4 cm³/mol. The summed E-state index contributed by atoms with van der Waals surface area (Å²) in [6, 6.07) is 5.05. The van der Waals surface area contributed by atoms with Crippen LogP contribution in [0.1, 0.15) is 43.5 Å². The minimum atomic E-state index is 0.0342. The van der Waals surface area contributed by atoms with Gasteiger partial charge in [0.2, 0.25) is 0 Å². The Labute approximate surface area is 119 Å². The number of likely N-dealkylation sites (tertiary alicyclic amines) is 1. The summed E-state index contributed by atoms with van der Waals surface area (Å²) in [6.07, 6.45) is 3.25. The molecule has 1 aromatic carbocycles. The Bertz CT molecular complexity index is 465. The molecular weight excluding hydrogens is 260 g/mol. The third kappa shape index (κ3) is 3.63. The molecule has 1 aliphatic rings. The summed E-state index contributed by atoms with van der Waals surface area (Å²) >= 11 is 5.96. The monoisotopic (exact) mass is 280 g/mol. The number of hydrogen-bond acceptors (Lipinski definition) is 2. The number of hydrogen-bond donors (Lipinski definition) is 1. The van der Waals surface area contributed by atoms with Gasteiger partial charge in [-0.2, -0.15) is 0 Å². The van der Waals surface area contributed by atoms with E-state index in [1.807, 2.05) is 4.90 Å². The highest BCUT2D eigenvalue weighted by molar-refractivity contribution is 6.31. The van der Waals surface area contributed by atoms with E-state index in [0.29, 0.717) is 21.7 Å². The lowest BCUT2D eigenvalue weighted by Crippen LogP contribution is -2.32. The minimum absolute atomic E-state index is 0.0342. The molecular formula is C15H21ClN2O. The second-order valence-electron chi connectivity index (χ2n) is 6.08. The van der Waals surface area contributed by atoms with Crippen molar-refractivity contribution in [1.82, 2.24) is 4.90 Å². The molecule has 4 heteroatoms. The Morgan fingerprint density at radius 2 is 2.00 bits per heavy atom. The second-order valence-corrected chi connectivity index (χ2v) is 6.52. The van der Waals surface area contributed by atoms with Crippen molar-refractivity contribution in [1.29, 1.82) is 0 Å². The van der Waals surface area contributed by atoms with E-state index in [0.717, 1.165) is 32.4 Å². The lowest BCUT2D eigenvalue weighted by molar-refractivity contribution is 0.0757. The molecule has 0 unspecified atom stereocenters. The summed E-state index contributed by atoms with van der Waals surface area (Å²) in [5, 5.41) is 0.513. The number of nitrogens with zero attached hydrogens (tertiary/aromatic N) is 1. The van der Waals surface area contributed by atoms with Gasteiger partial charge in [0.1, 0.15) is 0 Å². The van der Waals surface area contributed by atoms with Crippen molar-refractivity contribution >= 4 is 23.2 Å². The molecule has 1 heterocycles. The van der Waals surface area contributed by atoms with E-state index in [4.69, 9.17) is 17.3 Å². The zero-order valence-corrected chi connectivity index (χ0v) is 12.3. The number of carbonyl (C=O) groups excluding carboxylic acids is 1. The van der Waals surface area contributed by atoms with Crippen molar-refractivity contribution in [3.05, 3.63) is 28.8 Å². The fourth-order valence-corrected chi connectivity index (χ4v) is 2.79. The first-order valence-corrected chi connectivity index (χ1v) is 7.10. The van der Waals surface area contributed by atoms with Gasteiger partial charge in [-0.05, 0) is 42.9 Å². The van der Waals surface area contributed by atoms with Crippen LogP contribution in [0.15, 0.2) is 18.2 Å². The number of anilines is 1. The van der Waals surface area contributed by atoms with E-state index < -0.39 is 0 Å². The summed E-state index contributed by atoms with van der Waals surface area (Å²) in [7, 11) is 0. The van der Waals surface area contributed by atoms with Crippen molar-refractivity contribution < 1.29 is 4.79 Å². The Morgan fingerprint density at radius 3 is 2.68 bits per heavy atom. The van der Waals surface area contributed by atoms with Crippen molar-refractivity contribution in [2.24, 2.45) is 5.41 Å². The fraction of sp³-hybridized carbons (Fsp3) is 0.533. The summed E-state index contributed by atoms with van der Waals surface area (Å²) < 4.78 is 0. The molecule has 3 nitrogen and oxygen atoms in total. The zero-order chi connectivity index (χ0) is 14.0. The van der Waals surface area contributed by atoms with Gasteiger partial charge >= 0.3 is 0 Å². The lowest BCUT2D eigenvalue weighted by atomic mass is 9.85. The van der Waals surface area contributed by atoms with E-state index in [-0.39, 0.29) is 5.91 Å². The maximum absolute atomic E-state index is 12.5. The maximum atomic E-state index is 12.5. The minimum Gasteiger partial charge on any atom is -0.399 e. The van der Waals surface area contributed by atoms with Gasteiger partial charge in [-0.15, -0.1) is 0 Å². The highest BCUT2D eigenvalue weighted by Gasteiger charge is 2.26. The molecule has 0 aliphatic carbocycles. The normalized spacial score (nSPS) is 19.0. The van der Waals surface area contributed by atoms with Gasteiger partial charge in [-0.1, -0.05) is 25.4 Å². The number of nitrogen functional groups attached to an aromatic ring is 1. The topological polar surface area (TPSA) is 46.3 Å². The molecule has 19 heavy (non-hydrogen) atoms. The third-order valence-electron chi connectivity index (χ3n) is 3.79. The van der Waals surface area contributed by atoms with Crippen molar-refractivity contribution in [3.8, 4) is 0 Å². The van der Waals surface area contributed by atoms with E-state index >= 15 is 0 Å². The summed E-state index contributed by atoms with van der Waals surface area (Å²) in [5.74, 6) is 0.0342. The van der Waals surface area contributed by atoms with E-state index in [1.54, 1.807) is 18.2 Å². The molecule has 104 valence electrons. The van der Waals surface area contributed by atoms with Gasteiger partial charge in [0.05, 0.1) is 0 Å². The molecule has 1 aromatic rings. The van der Waals surface area contributed by atoms with Gasteiger partial charge in [-0.25, -0.2) is 0 Å². The van der Waals surface area contributed by atoms with Crippen LogP contribution in [0, 0.1) is 5.41 Å². The summed E-state index contributed by atoms with van der Waals surface area (Å²) in [4.78, 5) is 14.4. The van der Waals surface area contributed by atoms with Crippen LogP contribution in [0.25, 0.3) is 0 Å². The molecule has 1 amide bonds. The average Bonchev–Trinajstić information content (AvgIpc) is 2.48. The fourth-order valence-electron chi connectivity index (χ4n) is 2.54. The van der Waals surface area contributed by atoms with E-state index in [1.165, 1.54) is 0 Å². The third-order valence-corrected chi connectivity index (χ3v) is 4.01. The van der Waals surface area contributed by atoms with Gasteiger partial charge in [-0.3, -0.25) is 4.79 Å². The standard InChI is InChI=1S/C15H21ClN2O/c1-15(2)4-3-6-18(7-5-15)14(19)11-8-12(16)10-13(17)9-11/h8-10H,3-7,17H2,1-2H3. The lowest BCUT2D eigenvalue weighted by Gasteiger charge is -2.23. The maximum Gasteiger partial charge on any atom is 0.253 e. The largest absolute Gasteiger partial charge is 0.399 e. The number of amides is 1. The summed E-state index contributed by atoms with van der Waals surface area (Å²) in [5.41, 5.74) is 7.19. The molecule has 1 saturated heterocycles. The van der Waals surface area contributed by atoms with Crippen LogP contribution in [0.2, 0.25) is 5.02 Å². The van der Waals surface area contributed by atoms with Gasteiger partial charge < -0.3 is 10.6 Å². The zero-order valence-electron chi connectivity index (χ0n) is 11.6. The molecule has 1 fully saturated rings. The van der Waals surface area contributed by atoms with Crippen LogP contribution >= 0.6 is 11.6 Å². The highest BCUT2D eigenvalue weighted by Crippen LogP contribution is 2.30. The van der Waals surface area contributed by atoms with E-state index in [9.17, 15) is 4.79 Å². The molecule has 0 bridgehead atoms. The summed E-state index contributed by atoms with van der Waals surface area (Å²) in [6.45, 7) is 6.14. The van der Waals surface area contributed by atoms with Gasteiger partial charge in [0.15, 0.2) is 0 Å². The van der Waals surface area contributed by atoms with Gasteiger partial charge in [0.25, 0.3) is 5.91 Å². The molecule has 0 atom stereocenters. The first kappa shape index (κ1) is 14.2. The Morgan fingerprint density at radius 1 is 1.26 bits per heavy atom. The molecule has 2 rings (SSSR count). The van der Waals surface area contributed by atoms with Crippen molar-refractivity contribution in [2.75, 3.05) is 18.8 Å². The van der Waals surface area contributed by atoms with Crippen LogP contribution in [-0.2, 0) is 0 Å². The van der Waals surface area contributed by atoms with E-state index in [2.05, 4.69) is 13.8 Å². The molecule has 0 aromatic heterocycles. The van der Waals surface area contributed by atoms with Crippen molar-refractivity contribution in [2.45, 2.75) is 33.1 Å². The predicted octanol–water partition coefficient (Wildman–Crippen LogP) is 3.57. The molecule has 0 radical (unpaired) electrons. The highest BCUT2D eigenvalue weighted by atomic mass is 35.5. The SMILES string of the molecule is CC1(C)CCCN(C(=O)c2cc(N)cc(Cl)c2)CC1. The van der Waals surface area contributed by atoms with Crippen molar-refractivity contribution in [3.63, 3.8) is 0 Å². The molecule has 0 saturated carbocycles. The van der Waals surface area contributed by atoms with Crippen LogP contribution < -0.4 is 5.73 Å². The van der Waals surface area contributed by atoms with Crippen LogP contribution in [0.4, 0.5) is 5.69 Å². The number of rotatable bonds is 1. The molecule has 0 spiro atoms. The Balaban J connectivity index is 2.15. The van der Waals surface area contributed by atoms with Crippen LogP contribution in [-0.4, -0.2) is 23.9 Å². The van der Waals surface area contributed by atoms with Crippen LogP contribution in [0.3, 0.4) is 0 Å². The van der Waals surface area contributed by atoms with Gasteiger partial charge in [0, 0.05) is 29.4 Å². The number of carbonyl (C=O) groups is 1. The number of halogens is 1. The smallest absolute Gasteiger partial charge is 0.253 e. The average molecular weight is 281 g/mol. The Hall–Kier alpha value is -1.22. The van der Waals surface area contributed by atoms with Crippen LogP contribution in [0.5, 0.6) is 0 Å². The Kier molecular flexibility index (Phi) is 4.04. The number of nitrogens with two attached hydrogens (primary N) is 1. The first-order chi connectivity index (χ1) is 8.87. The molecule has 2 N–H and O–H groups in total. The first-order valence-electron chi connectivity index (χ1n) is 6.73. The molecule has 1 aliphatic heterocycles. The number of benzene rings is 1. The quantitative estimate of drug-likeness (QED) is 0.799.